The summed E-state index contributed by atoms with van der Waals surface area (Å²) in [6.45, 7) is 6.25. The molecule has 0 radical (unpaired) electrons. The van der Waals surface area contributed by atoms with Crippen molar-refractivity contribution in [2.75, 3.05) is 31.1 Å². The Balaban J connectivity index is 1.61. The fraction of sp³-hybridized carbons (Fsp3) is 0.565. The van der Waals surface area contributed by atoms with Crippen LogP contribution in [0.1, 0.15) is 44.2 Å². The number of benzene rings is 1. The predicted octanol–water partition coefficient (Wildman–Crippen LogP) is 1.17. The van der Waals surface area contributed by atoms with E-state index in [0.29, 0.717) is 30.8 Å². The van der Waals surface area contributed by atoms with Gasteiger partial charge in [0.15, 0.2) is 0 Å². The van der Waals surface area contributed by atoms with Gasteiger partial charge in [-0.2, -0.15) is 5.26 Å². The number of aromatic amines is 1. The van der Waals surface area contributed by atoms with Crippen molar-refractivity contribution in [1.29, 1.82) is 5.26 Å². The summed E-state index contributed by atoms with van der Waals surface area (Å²) in [5, 5.41) is 15.7. The van der Waals surface area contributed by atoms with Crippen molar-refractivity contribution in [2.45, 2.75) is 51.6 Å². The van der Waals surface area contributed by atoms with Crippen molar-refractivity contribution in [3.8, 4) is 6.07 Å². The first-order valence-electron chi connectivity index (χ1n) is 11.3. The Morgan fingerprint density at radius 2 is 2.09 bits per heavy atom. The van der Waals surface area contributed by atoms with E-state index in [0.717, 1.165) is 49.1 Å². The number of nitrogens with zero attached hydrogens (tertiary/aromatic N) is 3. The third kappa shape index (κ3) is 4.41. The molecule has 2 fully saturated rings. The molecule has 1 aromatic carbocycles. The molecule has 4 rings (SSSR count). The van der Waals surface area contributed by atoms with Crippen LogP contribution in [0.25, 0.3) is 10.9 Å². The zero-order valence-electron chi connectivity index (χ0n) is 18.6. The zero-order chi connectivity index (χ0) is 22.8. The highest BCUT2D eigenvalue weighted by atomic mass is 16.2. The Kier molecular flexibility index (Phi) is 6.33. The maximum absolute atomic E-state index is 12.5. The lowest BCUT2D eigenvalue weighted by Crippen LogP contribution is -2.46. The normalized spacial score (nSPS) is 19.2. The smallest absolute Gasteiger partial charge is 0.329 e. The summed E-state index contributed by atoms with van der Waals surface area (Å²) in [5.74, 6) is 0.237. The van der Waals surface area contributed by atoms with Gasteiger partial charge in [-0.1, -0.05) is 0 Å². The number of carbonyl (C=O) groups excluding carboxylic acids is 1. The quantitative estimate of drug-likeness (QED) is 0.532. The molecule has 2 aliphatic rings. The summed E-state index contributed by atoms with van der Waals surface area (Å²) < 4.78 is 1.76. The molecule has 2 aromatic rings. The number of anilines is 1. The van der Waals surface area contributed by atoms with Crippen LogP contribution in [-0.4, -0.2) is 47.7 Å². The van der Waals surface area contributed by atoms with E-state index in [1.807, 2.05) is 19.1 Å². The molecule has 0 spiro atoms. The SMILES string of the molecule is CC(=O)NCC(NCCC#N)C1CCN(c2ccc3c(=O)[nH]c(=O)n(C4CC4)c3c2C)C1. The first-order chi connectivity index (χ1) is 15.4. The number of amides is 1. The van der Waals surface area contributed by atoms with Gasteiger partial charge in [-0.3, -0.25) is 19.1 Å². The first kappa shape index (κ1) is 22.1. The van der Waals surface area contributed by atoms with Crippen LogP contribution in [0.3, 0.4) is 0 Å². The Hall–Kier alpha value is -3.12. The summed E-state index contributed by atoms with van der Waals surface area (Å²) in [6, 6.07) is 6.18. The number of nitrogens with one attached hydrogen (secondary N) is 3. The van der Waals surface area contributed by atoms with Gasteiger partial charge in [0.1, 0.15) is 0 Å². The first-order valence-corrected chi connectivity index (χ1v) is 11.3. The fourth-order valence-corrected chi connectivity index (χ4v) is 4.84. The molecular formula is C23H30N6O3. The molecule has 1 saturated carbocycles. The number of hydrogen-bond acceptors (Lipinski definition) is 6. The van der Waals surface area contributed by atoms with Crippen LogP contribution in [0.4, 0.5) is 5.69 Å². The molecule has 1 amide bonds. The summed E-state index contributed by atoms with van der Waals surface area (Å²) in [4.78, 5) is 41.2. The zero-order valence-corrected chi connectivity index (χ0v) is 18.6. The molecule has 9 heteroatoms. The summed E-state index contributed by atoms with van der Waals surface area (Å²) in [6.07, 6.45) is 3.28. The number of fused-ring (bicyclic) bond motifs is 1. The van der Waals surface area contributed by atoms with E-state index in [1.165, 1.54) is 6.92 Å². The average Bonchev–Trinajstić information content (AvgIpc) is 3.47. The lowest BCUT2D eigenvalue weighted by atomic mass is 9.98. The molecule has 2 unspecified atom stereocenters. The van der Waals surface area contributed by atoms with Crippen LogP contribution in [0, 0.1) is 24.2 Å². The average molecular weight is 439 g/mol. The lowest BCUT2D eigenvalue weighted by molar-refractivity contribution is -0.119. The Morgan fingerprint density at radius 1 is 1.31 bits per heavy atom. The summed E-state index contributed by atoms with van der Waals surface area (Å²) >= 11 is 0. The molecule has 0 bridgehead atoms. The molecule has 1 saturated heterocycles. The summed E-state index contributed by atoms with van der Waals surface area (Å²) in [5.41, 5.74) is 2.06. The second kappa shape index (κ2) is 9.17. The molecule has 9 nitrogen and oxygen atoms in total. The molecule has 1 aliphatic heterocycles. The largest absolute Gasteiger partial charge is 0.371 e. The maximum Gasteiger partial charge on any atom is 0.329 e. The molecule has 1 aliphatic carbocycles. The predicted molar refractivity (Wildman–Crippen MR) is 123 cm³/mol. The van der Waals surface area contributed by atoms with Gasteiger partial charge in [0, 0.05) is 57.3 Å². The van der Waals surface area contributed by atoms with Gasteiger partial charge in [-0.05, 0) is 49.8 Å². The van der Waals surface area contributed by atoms with Crippen LogP contribution in [0.5, 0.6) is 0 Å². The van der Waals surface area contributed by atoms with Crippen molar-refractivity contribution < 1.29 is 4.79 Å². The van der Waals surface area contributed by atoms with Crippen molar-refractivity contribution in [1.82, 2.24) is 20.2 Å². The van der Waals surface area contributed by atoms with E-state index in [1.54, 1.807) is 4.57 Å². The lowest BCUT2D eigenvalue weighted by Gasteiger charge is -2.27. The number of rotatable bonds is 8. The third-order valence-corrected chi connectivity index (χ3v) is 6.59. The van der Waals surface area contributed by atoms with E-state index < -0.39 is 0 Å². The highest BCUT2D eigenvalue weighted by molar-refractivity contribution is 5.87. The third-order valence-electron chi connectivity index (χ3n) is 6.59. The van der Waals surface area contributed by atoms with E-state index in [2.05, 4.69) is 26.6 Å². The second-order valence-electron chi connectivity index (χ2n) is 8.87. The van der Waals surface area contributed by atoms with Gasteiger partial charge in [0.05, 0.1) is 17.0 Å². The van der Waals surface area contributed by atoms with Crippen molar-refractivity contribution in [2.24, 2.45) is 5.92 Å². The van der Waals surface area contributed by atoms with Crippen LogP contribution in [0.15, 0.2) is 21.7 Å². The fourth-order valence-electron chi connectivity index (χ4n) is 4.84. The minimum atomic E-state index is -0.340. The standard InChI is InChI=1S/C23H30N6O3/c1-14-20(7-6-18-21(14)29(17-4-5-17)23(32)27-22(18)31)28-11-8-16(13-28)19(12-26-15(2)30)25-10-3-9-24/h6-7,16-17,19,25H,3-5,8,10-13H2,1-2H3,(H,26,30)(H,27,31,32). The van der Waals surface area contributed by atoms with Crippen LogP contribution in [0.2, 0.25) is 0 Å². The van der Waals surface area contributed by atoms with Crippen molar-refractivity contribution >= 4 is 22.5 Å². The van der Waals surface area contributed by atoms with Gasteiger partial charge >= 0.3 is 5.69 Å². The van der Waals surface area contributed by atoms with Crippen molar-refractivity contribution in [3.63, 3.8) is 0 Å². The van der Waals surface area contributed by atoms with Gasteiger partial charge in [-0.25, -0.2) is 4.79 Å². The number of H-pyrrole nitrogens is 1. The minimum Gasteiger partial charge on any atom is -0.371 e. The second-order valence-corrected chi connectivity index (χ2v) is 8.87. The molecule has 3 N–H and O–H groups in total. The highest BCUT2D eigenvalue weighted by Crippen LogP contribution is 2.38. The van der Waals surface area contributed by atoms with Gasteiger partial charge in [-0.15, -0.1) is 0 Å². The Morgan fingerprint density at radius 3 is 2.78 bits per heavy atom. The molecule has 2 heterocycles. The molecule has 32 heavy (non-hydrogen) atoms. The van der Waals surface area contributed by atoms with Gasteiger partial charge in [0.25, 0.3) is 5.56 Å². The van der Waals surface area contributed by atoms with E-state index >= 15 is 0 Å². The van der Waals surface area contributed by atoms with Crippen LogP contribution in [-0.2, 0) is 4.79 Å². The highest BCUT2D eigenvalue weighted by Gasteiger charge is 2.32. The molecule has 2 atom stereocenters. The number of hydrogen-bond donors (Lipinski definition) is 3. The number of nitriles is 1. The molecule has 170 valence electrons. The van der Waals surface area contributed by atoms with E-state index in [4.69, 9.17) is 5.26 Å². The molecule has 1 aromatic heterocycles. The maximum atomic E-state index is 12.5. The minimum absolute atomic E-state index is 0.0689. The Labute approximate surface area is 186 Å². The van der Waals surface area contributed by atoms with E-state index in [-0.39, 0.29) is 29.2 Å². The van der Waals surface area contributed by atoms with Crippen LogP contribution < -0.4 is 26.8 Å². The molecular weight excluding hydrogens is 408 g/mol. The summed E-state index contributed by atoms with van der Waals surface area (Å²) in [7, 11) is 0. The topological polar surface area (TPSA) is 123 Å². The number of aromatic nitrogens is 2. The Bertz CT molecular complexity index is 1170. The van der Waals surface area contributed by atoms with E-state index in [9.17, 15) is 14.4 Å². The van der Waals surface area contributed by atoms with Gasteiger partial charge in [0.2, 0.25) is 5.91 Å². The monoisotopic (exact) mass is 438 g/mol. The van der Waals surface area contributed by atoms with Gasteiger partial charge < -0.3 is 15.5 Å². The number of carbonyl (C=O) groups is 1. The van der Waals surface area contributed by atoms with Crippen LogP contribution >= 0.6 is 0 Å². The number of aryl methyl sites for hydroxylation is 1. The van der Waals surface area contributed by atoms with Crippen molar-refractivity contribution in [3.05, 3.63) is 38.5 Å².